The van der Waals surface area contributed by atoms with Gasteiger partial charge in [-0.05, 0) is 43.7 Å². The van der Waals surface area contributed by atoms with Crippen molar-refractivity contribution in [2.24, 2.45) is 0 Å². The third-order valence-electron chi connectivity index (χ3n) is 4.75. The minimum Gasteiger partial charge on any atom is -0.357 e. The summed E-state index contributed by atoms with van der Waals surface area (Å²) in [6.07, 6.45) is 2.51. The summed E-state index contributed by atoms with van der Waals surface area (Å²) >= 11 is 0. The van der Waals surface area contributed by atoms with Gasteiger partial charge in [0.1, 0.15) is 11.5 Å². The molecule has 0 unspecified atom stereocenters. The van der Waals surface area contributed by atoms with E-state index in [-0.39, 0.29) is 11.8 Å². The smallest absolute Gasteiger partial charge is 0.270 e. The van der Waals surface area contributed by atoms with E-state index in [4.69, 9.17) is 0 Å². The number of carbonyl (C=O) groups is 2. The SMILES string of the molecule is Cc1nc2ccc(C(=O)N3CCCN(C(=O)c4ccc[nH]4)CC3)cc2[nH]1. The van der Waals surface area contributed by atoms with Crippen LogP contribution in [0.15, 0.2) is 36.5 Å². The summed E-state index contributed by atoms with van der Waals surface area (Å²) in [6, 6.07) is 9.12. The third-order valence-corrected chi connectivity index (χ3v) is 4.75. The summed E-state index contributed by atoms with van der Waals surface area (Å²) in [4.78, 5) is 39.5. The zero-order chi connectivity index (χ0) is 18.1. The average molecular weight is 351 g/mol. The first-order chi connectivity index (χ1) is 12.6. The van der Waals surface area contributed by atoms with Crippen molar-refractivity contribution < 1.29 is 9.59 Å². The number of aryl methyl sites for hydroxylation is 1. The second-order valence-electron chi connectivity index (χ2n) is 6.58. The van der Waals surface area contributed by atoms with E-state index in [1.807, 2.05) is 36.1 Å². The van der Waals surface area contributed by atoms with Gasteiger partial charge in [-0.15, -0.1) is 0 Å². The molecule has 7 heteroatoms. The fourth-order valence-corrected chi connectivity index (χ4v) is 3.41. The van der Waals surface area contributed by atoms with Crippen molar-refractivity contribution in [1.82, 2.24) is 24.8 Å². The normalized spacial score (nSPS) is 15.3. The molecule has 2 aromatic heterocycles. The predicted molar refractivity (Wildman–Crippen MR) is 98.0 cm³/mol. The molecule has 0 radical (unpaired) electrons. The molecule has 0 aliphatic carbocycles. The predicted octanol–water partition coefficient (Wildman–Crippen LogP) is 2.19. The van der Waals surface area contributed by atoms with E-state index >= 15 is 0 Å². The van der Waals surface area contributed by atoms with Crippen molar-refractivity contribution in [2.75, 3.05) is 26.2 Å². The first-order valence-corrected chi connectivity index (χ1v) is 8.80. The number of amides is 2. The van der Waals surface area contributed by atoms with Crippen LogP contribution in [-0.4, -0.2) is 62.7 Å². The minimum absolute atomic E-state index is 0.00618. The maximum absolute atomic E-state index is 12.9. The average Bonchev–Trinajstić information content (AvgIpc) is 3.23. The quantitative estimate of drug-likeness (QED) is 0.742. The Hall–Kier alpha value is -3.09. The number of nitrogens with one attached hydrogen (secondary N) is 2. The van der Waals surface area contributed by atoms with Crippen molar-refractivity contribution in [3.05, 3.63) is 53.6 Å². The highest BCUT2D eigenvalue weighted by Gasteiger charge is 2.24. The van der Waals surface area contributed by atoms with Crippen LogP contribution in [0.2, 0.25) is 0 Å². The summed E-state index contributed by atoms with van der Waals surface area (Å²) in [6.45, 7) is 4.26. The van der Waals surface area contributed by atoms with Crippen LogP contribution < -0.4 is 0 Å². The molecule has 7 nitrogen and oxygen atoms in total. The van der Waals surface area contributed by atoms with E-state index in [2.05, 4.69) is 15.0 Å². The maximum atomic E-state index is 12.9. The van der Waals surface area contributed by atoms with Crippen LogP contribution in [-0.2, 0) is 0 Å². The van der Waals surface area contributed by atoms with Crippen molar-refractivity contribution in [2.45, 2.75) is 13.3 Å². The first-order valence-electron chi connectivity index (χ1n) is 8.80. The number of H-pyrrole nitrogens is 2. The van der Waals surface area contributed by atoms with Gasteiger partial charge >= 0.3 is 0 Å². The number of hydrogen-bond acceptors (Lipinski definition) is 3. The molecule has 3 heterocycles. The monoisotopic (exact) mass is 351 g/mol. The molecule has 0 bridgehead atoms. The van der Waals surface area contributed by atoms with Crippen molar-refractivity contribution in [3.63, 3.8) is 0 Å². The van der Waals surface area contributed by atoms with Gasteiger partial charge in [-0.2, -0.15) is 0 Å². The topological polar surface area (TPSA) is 85.1 Å². The van der Waals surface area contributed by atoms with Gasteiger partial charge in [-0.3, -0.25) is 9.59 Å². The van der Waals surface area contributed by atoms with E-state index in [1.54, 1.807) is 17.2 Å². The van der Waals surface area contributed by atoms with Crippen LogP contribution in [0.25, 0.3) is 11.0 Å². The first kappa shape index (κ1) is 16.4. The standard InChI is InChI=1S/C19H21N5O2/c1-13-21-15-6-5-14(12-17(15)22-13)18(25)23-8-3-9-24(11-10-23)19(26)16-4-2-7-20-16/h2,4-7,12,20H,3,8-11H2,1H3,(H,21,22). The van der Waals surface area contributed by atoms with Crippen molar-refractivity contribution >= 4 is 22.8 Å². The third kappa shape index (κ3) is 3.08. The summed E-state index contributed by atoms with van der Waals surface area (Å²) in [5.74, 6) is 0.810. The molecule has 0 atom stereocenters. The molecule has 0 spiro atoms. The Kier molecular flexibility index (Phi) is 4.20. The second kappa shape index (κ2) is 6.67. The Balaban J connectivity index is 1.47. The summed E-state index contributed by atoms with van der Waals surface area (Å²) < 4.78 is 0. The van der Waals surface area contributed by atoms with E-state index in [0.29, 0.717) is 37.4 Å². The molecule has 3 aromatic rings. The fourth-order valence-electron chi connectivity index (χ4n) is 3.41. The lowest BCUT2D eigenvalue weighted by molar-refractivity contribution is 0.0716. The highest BCUT2D eigenvalue weighted by atomic mass is 16.2. The van der Waals surface area contributed by atoms with Gasteiger partial charge in [0.15, 0.2) is 0 Å². The summed E-state index contributed by atoms with van der Waals surface area (Å²) in [5.41, 5.74) is 2.96. The fraction of sp³-hybridized carbons (Fsp3) is 0.316. The highest BCUT2D eigenvalue weighted by Crippen LogP contribution is 2.16. The minimum atomic E-state index is -0.0151. The summed E-state index contributed by atoms with van der Waals surface area (Å²) in [7, 11) is 0. The van der Waals surface area contributed by atoms with Crippen LogP contribution >= 0.6 is 0 Å². The lowest BCUT2D eigenvalue weighted by Crippen LogP contribution is -2.37. The molecule has 1 aromatic carbocycles. The number of rotatable bonds is 2. The van der Waals surface area contributed by atoms with Crippen LogP contribution in [0.4, 0.5) is 0 Å². The Morgan fingerprint density at radius 3 is 2.54 bits per heavy atom. The number of benzene rings is 1. The van der Waals surface area contributed by atoms with Crippen LogP contribution in [0.3, 0.4) is 0 Å². The van der Waals surface area contributed by atoms with Gasteiger partial charge in [-0.25, -0.2) is 4.98 Å². The molecule has 2 amide bonds. The number of aromatic nitrogens is 3. The Morgan fingerprint density at radius 2 is 1.81 bits per heavy atom. The molecule has 1 fully saturated rings. The number of fused-ring (bicyclic) bond motifs is 1. The van der Waals surface area contributed by atoms with Gasteiger partial charge in [-0.1, -0.05) is 0 Å². The van der Waals surface area contributed by atoms with Crippen LogP contribution in [0, 0.1) is 6.92 Å². The zero-order valence-corrected chi connectivity index (χ0v) is 14.7. The van der Waals surface area contributed by atoms with Crippen molar-refractivity contribution in [3.8, 4) is 0 Å². The van der Waals surface area contributed by atoms with Gasteiger partial charge in [0.2, 0.25) is 0 Å². The Morgan fingerprint density at radius 1 is 1.04 bits per heavy atom. The lowest BCUT2D eigenvalue weighted by atomic mass is 10.1. The van der Waals surface area contributed by atoms with Crippen LogP contribution in [0.5, 0.6) is 0 Å². The second-order valence-corrected chi connectivity index (χ2v) is 6.58. The van der Waals surface area contributed by atoms with Gasteiger partial charge in [0.05, 0.1) is 11.0 Å². The van der Waals surface area contributed by atoms with Crippen molar-refractivity contribution in [1.29, 1.82) is 0 Å². The molecule has 1 saturated heterocycles. The molecule has 134 valence electrons. The number of aromatic amines is 2. The van der Waals surface area contributed by atoms with E-state index in [9.17, 15) is 9.59 Å². The molecule has 1 aliphatic rings. The lowest BCUT2D eigenvalue weighted by Gasteiger charge is -2.22. The number of nitrogens with zero attached hydrogens (tertiary/aromatic N) is 3. The number of hydrogen-bond donors (Lipinski definition) is 2. The molecule has 0 saturated carbocycles. The Labute approximate surface area is 151 Å². The zero-order valence-electron chi connectivity index (χ0n) is 14.7. The highest BCUT2D eigenvalue weighted by molar-refractivity contribution is 5.97. The molecule has 26 heavy (non-hydrogen) atoms. The number of imidazole rings is 1. The van der Waals surface area contributed by atoms with E-state index < -0.39 is 0 Å². The van der Waals surface area contributed by atoms with Crippen LogP contribution in [0.1, 0.15) is 33.1 Å². The van der Waals surface area contributed by atoms with E-state index in [0.717, 1.165) is 23.3 Å². The maximum Gasteiger partial charge on any atom is 0.270 e. The summed E-state index contributed by atoms with van der Waals surface area (Å²) in [5, 5.41) is 0. The van der Waals surface area contributed by atoms with Gasteiger partial charge in [0, 0.05) is 37.9 Å². The Bertz CT molecular complexity index is 944. The molecular weight excluding hydrogens is 330 g/mol. The van der Waals surface area contributed by atoms with Gasteiger partial charge in [0.25, 0.3) is 11.8 Å². The molecular formula is C19H21N5O2. The number of carbonyl (C=O) groups excluding carboxylic acids is 2. The molecule has 1 aliphatic heterocycles. The largest absolute Gasteiger partial charge is 0.357 e. The van der Waals surface area contributed by atoms with Gasteiger partial charge < -0.3 is 19.8 Å². The van der Waals surface area contributed by atoms with E-state index in [1.165, 1.54) is 0 Å². The molecule has 2 N–H and O–H groups in total. The molecule has 4 rings (SSSR count).